The molecule has 0 atom stereocenters. The van der Waals surface area contributed by atoms with Crippen LogP contribution in [0.25, 0.3) is 0 Å². The number of carbonyl (C=O) groups excluding carboxylic acids is 1. The Hall–Kier alpha value is -1.89. The Morgan fingerprint density at radius 2 is 2.47 bits per heavy atom. The van der Waals surface area contributed by atoms with Crippen molar-refractivity contribution in [2.75, 3.05) is 13.1 Å². The van der Waals surface area contributed by atoms with Crippen LogP contribution in [0.4, 0.5) is 0 Å². The van der Waals surface area contributed by atoms with Crippen LogP contribution in [0.3, 0.4) is 0 Å². The number of hydrogen-bond donors (Lipinski definition) is 0. The van der Waals surface area contributed by atoms with Crippen LogP contribution in [0.1, 0.15) is 23.7 Å². The van der Waals surface area contributed by atoms with Crippen molar-refractivity contribution in [2.24, 2.45) is 0 Å². The highest BCUT2D eigenvalue weighted by Crippen LogP contribution is 2.03. The van der Waals surface area contributed by atoms with E-state index in [9.17, 15) is 4.79 Å². The lowest BCUT2D eigenvalue weighted by Gasteiger charge is -2.19. The fraction of sp³-hybridized carbons (Fsp3) is 0.364. The topological polar surface area (TPSA) is 57.0 Å². The standard InChI is InChI=1S/C11H13N3O/c1-2-14(8-4-6-12)11(15)10-5-3-7-13-9-10/h3,5,7,9H,2,4,8H2,1H3. The summed E-state index contributed by atoms with van der Waals surface area (Å²) in [6, 6.07) is 5.48. The van der Waals surface area contributed by atoms with Crippen LogP contribution < -0.4 is 0 Å². The predicted octanol–water partition coefficient (Wildman–Crippen LogP) is 1.46. The Morgan fingerprint density at radius 1 is 1.67 bits per heavy atom. The number of nitriles is 1. The van der Waals surface area contributed by atoms with Crippen molar-refractivity contribution in [3.8, 4) is 6.07 Å². The molecule has 4 nitrogen and oxygen atoms in total. The second-order valence-electron chi connectivity index (χ2n) is 3.03. The zero-order valence-electron chi connectivity index (χ0n) is 8.68. The molecule has 0 aliphatic heterocycles. The maximum absolute atomic E-state index is 11.9. The normalized spacial score (nSPS) is 9.33. The maximum atomic E-state index is 11.9. The van der Waals surface area contributed by atoms with Crippen molar-refractivity contribution in [1.82, 2.24) is 9.88 Å². The first-order valence-corrected chi connectivity index (χ1v) is 4.85. The van der Waals surface area contributed by atoms with Gasteiger partial charge < -0.3 is 4.90 Å². The van der Waals surface area contributed by atoms with Crippen LogP contribution in [0.15, 0.2) is 24.5 Å². The van der Waals surface area contributed by atoms with Gasteiger partial charge in [-0.3, -0.25) is 9.78 Å². The van der Waals surface area contributed by atoms with E-state index in [-0.39, 0.29) is 5.91 Å². The summed E-state index contributed by atoms with van der Waals surface area (Å²) in [6.45, 7) is 2.97. The summed E-state index contributed by atoms with van der Waals surface area (Å²) >= 11 is 0. The van der Waals surface area contributed by atoms with Crippen LogP contribution in [0.2, 0.25) is 0 Å². The van der Waals surface area contributed by atoms with Crippen LogP contribution >= 0.6 is 0 Å². The molecule has 0 bridgehead atoms. The Morgan fingerprint density at radius 3 is 3.00 bits per heavy atom. The van der Waals surface area contributed by atoms with Gasteiger partial charge in [-0.2, -0.15) is 5.26 Å². The molecule has 0 saturated carbocycles. The fourth-order valence-electron chi connectivity index (χ4n) is 1.26. The lowest BCUT2D eigenvalue weighted by molar-refractivity contribution is 0.0767. The van der Waals surface area contributed by atoms with Crippen LogP contribution in [-0.2, 0) is 0 Å². The zero-order chi connectivity index (χ0) is 11.1. The quantitative estimate of drug-likeness (QED) is 0.744. The molecule has 1 aromatic heterocycles. The van der Waals surface area contributed by atoms with E-state index >= 15 is 0 Å². The minimum absolute atomic E-state index is 0.0687. The van der Waals surface area contributed by atoms with E-state index in [1.165, 1.54) is 6.20 Å². The molecular formula is C11H13N3O. The Bertz CT molecular complexity index is 356. The molecule has 4 heteroatoms. The molecule has 1 aromatic rings. The van der Waals surface area contributed by atoms with E-state index in [1.807, 2.05) is 13.0 Å². The second kappa shape index (κ2) is 5.76. The van der Waals surface area contributed by atoms with Gasteiger partial charge in [-0.15, -0.1) is 0 Å². The summed E-state index contributed by atoms with van der Waals surface area (Å²) in [6.07, 6.45) is 3.53. The smallest absolute Gasteiger partial charge is 0.255 e. The summed E-state index contributed by atoms with van der Waals surface area (Å²) in [7, 11) is 0. The predicted molar refractivity (Wildman–Crippen MR) is 56.0 cm³/mol. The van der Waals surface area contributed by atoms with Gasteiger partial charge in [0.2, 0.25) is 0 Å². The van der Waals surface area contributed by atoms with Crippen molar-refractivity contribution in [2.45, 2.75) is 13.3 Å². The Kier molecular flexibility index (Phi) is 4.30. The molecule has 0 aliphatic rings. The highest BCUT2D eigenvalue weighted by atomic mass is 16.2. The third-order valence-electron chi connectivity index (χ3n) is 2.07. The summed E-state index contributed by atoms with van der Waals surface area (Å²) < 4.78 is 0. The van der Waals surface area contributed by atoms with Crippen molar-refractivity contribution >= 4 is 5.91 Å². The van der Waals surface area contributed by atoms with Gasteiger partial charge in [0, 0.05) is 25.5 Å². The molecule has 0 radical (unpaired) electrons. The molecule has 0 spiro atoms. The van der Waals surface area contributed by atoms with E-state index in [0.29, 0.717) is 25.1 Å². The lowest BCUT2D eigenvalue weighted by atomic mass is 10.2. The second-order valence-corrected chi connectivity index (χ2v) is 3.03. The van der Waals surface area contributed by atoms with Crippen LogP contribution in [0.5, 0.6) is 0 Å². The summed E-state index contributed by atoms with van der Waals surface area (Å²) in [5.41, 5.74) is 0.567. The van der Waals surface area contributed by atoms with Crippen molar-refractivity contribution in [1.29, 1.82) is 5.26 Å². The molecule has 0 fully saturated rings. The van der Waals surface area contributed by atoms with Crippen LogP contribution in [-0.4, -0.2) is 28.9 Å². The van der Waals surface area contributed by atoms with Crippen molar-refractivity contribution in [3.63, 3.8) is 0 Å². The van der Waals surface area contributed by atoms with Gasteiger partial charge in [0.1, 0.15) is 0 Å². The first-order chi connectivity index (χ1) is 7.29. The number of rotatable bonds is 4. The maximum Gasteiger partial charge on any atom is 0.255 e. The number of pyridine rings is 1. The molecule has 0 unspecified atom stereocenters. The summed E-state index contributed by atoms with van der Waals surface area (Å²) in [5, 5.41) is 8.46. The number of amides is 1. The Labute approximate surface area is 89.2 Å². The first-order valence-electron chi connectivity index (χ1n) is 4.85. The average Bonchev–Trinajstić information content (AvgIpc) is 2.31. The molecule has 0 N–H and O–H groups in total. The van der Waals surface area contributed by atoms with Gasteiger partial charge >= 0.3 is 0 Å². The van der Waals surface area contributed by atoms with E-state index in [2.05, 4.69) is 4.98 Å². The number of aromatic nitrogens is 1. The van der Waals surface area contributed by atoms with E-state index in [1.54, 1.807) is 23.2 Å². The third-order valence-corrected chi connectivity index (χ3v) is 2.07. The highest BCUT2D eigenvalue weighted by molar-refractivity contribution is 5.93. The number of carbonyl (C=O) groups is 1. The van der Waals surface area contributed by atoms with Crippen molar-refractivity contribution in [3.05, 3.63) is 30.1 Å². The van der Waals surface area contributed by atoms with Gasteiger partial charge in [-0.05, 0) is 19.1 Å². The monoisotopic (exact) mass is 203 g/mol. The molecule has 0 saturated heterocycles. The van der Waals surface area contributed by atoms with Gasteiger partial charge in [0.15, 0.2) is 0 Å². The third kappa shape index (κ3) is 3.06. The Balaban J connectivity index is 2.70. The van der Waals surface area contributed by atoms with Crippen LogP contribution in [0, 0.1) is 11.3 Å². The highest BCUT2D eigenvalue weighted by Gasteiger charge is 2.12. The molecular weight excluding hydrogens is 190 g/mol. The molecule has 0 aliphatic carbocycles. The summed E-state index contributed by atoms with van der Waals surface area (Å²) in [4.78, 5) is 17.4. The number of nitrogens with zero attached hydrogens (tertiary/aromatic N) is 3. The molecule has 15 heavy (non-hydrogen) atoms. The van der Waals surface area contributed by atoms with Crippen molar-refractivity contribution < 1.29 is 4.79 Å². The average molecular weight is 203 g/mol. The van der Waals surface area contributed by atoms with Gasteiger partial charge in [0.05, 0.1) is 18.1 Å². The molecule has 1 heterocycles. The minimum Gasteiger partial charge on any atom is -0.338 e. The molecule has 78 valence electrons. The van der Waals surface area contributed by atoms with E-state index < -0.39 is 0 Å². The first kappa shape index (κ1) is 11.2. The van der Waals surface area contributed by atoms with Gasteiger partial charge in [-0.25, -0.2) is 0 Å². The summed E-state index contributed by atoms with van der Waals surface area (Å²) in [5.74, 6) is -0.0687. The largest absolute Gasteiger partial charge is 0.338 e. The molecule has 1 amide bonds. The SMILES string of the molecule is CCN(CCC#N)C(=O)c1cccnc1. The molecule has 0 aromatic carbocycles. The molecule has 1 rings (SSSR count). The zero-order valence-corrected chi connectivity index (χ0v) is 8.68. The number of hydrogen-bond acceptors (Lipinski definition) is 3. The van der Waals surface area contributed by atoms with E-state index in [4.69, 9.17) is 5.26 Å². The fourth-order valence-corrected chi connectivity index (χ4v) is 1.26. The lowest BCUT2D eigenvalue weighted by Crippen LogP contribution is -2.31. The van der Waals surface area contributed by atoms with E-state index in [0.717, 1.165) is 0 Å². The van der Waals surface area contributed by atoms with Gasteiger partial charge in [-0.1, -0.05) is 0 Å². The minimum atomic E-state index is -0.0687. The van der Waals surface area contributed by atoms with Gasteiger partial charge in [0.25, 0.3) is 5.91 Å².